The lowest BCUT2D eigenvalue weighted by atomic mass is 10.1. The molecule has 1 aliphatic heterocycles. The number of carbonyl (C=O) groups is 3. The van der Waals surface area contributed by atoms with Crippen molar-refractivity contribution >= 4 is 29.3 Å². The van der Waals surface area contributed by atoms with Gasteiger partial charge >= 0.3 is 5.97 Å². The number of nitrogens with zero attached hydrogens (tertiary/aromatic N) is 2. The van der Waals surface area contributed by atoms with E-state index in [2.05, 4.69) is 15.0 Å². The topological polar surface area (TPSA) is 115 Å². The lowest BCUT2D eigenvalue weighted by Gasteiger charge is -2.34. The highest BCUT2D eigenvalue weighted by Gasteiger charge is 2.33. The molecule has 0 radical (unpaired) electrons. The van der Waals surface area contributed by atoms with Crippen LogP contribution in [-0.2, 0) is 14.3 Å². The number of hydrogen-bond acceptors (Lipinski definition) is 7. The van der Waals surface area contributed by atoms with Gasteiger partial charge in [0.05, 0.1) is 31.1 Å². The van der Waals surface area contributed by atoms with Crippen LogP contribution in [0.5, 0.6) is 0 Å². The summed E-state index contributed by atoms with van der Waals surface area (Å²) in [5.74, 6) is -1.06. The summed E-state index contributed by atoms with van der Waals surface area (Å²) in [4.78, 5) is 40.7. The smallest absolute Gasteiger partial charge is 0.340 e. The van der Waals surface area contributed by atoms with E-state index in [4.69, 9.17) is 5.73 Å². The van der Waals surface area contributed by atoms with Crippen LogP contribution < -0.4 is 16.0 Å². The number of piperazine rings is 1. The van der Waals surface area contributed by atoms with Crippen molar-refractivity contribution in [2.45, 2.75) is 19.4 Å². The van der Waals surface area contributed by atoms with Gasteiger partial charge < -0.3 is 15.4 Å². The largest absolute Gasteiger partial charge is 0.465 e. The van der Waals surface area contributed by atoms with Crippen LogP contribution in [0.1, 0.15) is 23.7 Å². The second-order valence-corrected chi connectivity index (χ2v) is 4.59. The molecule has 1 unspecified atom stereocenters. The van der Waals surface area contributed by atoms with E-state index in [0.29, 0.717) is 12.2 Å². The Balaban J connectivity index is 2.42. The lowest BCUT2D eigenvalue weighted by molar-refractivity contribution is -0.132. The number of hydrogen-bond donors (Lipinski definition) is 2. The van der Waals surface area contributed by atoms with Crippen molar-refractivity contribution in [2.75, 3.05) is 24.3 Å². The van der Waals surface area contributed by atoms with Crippen molar-refractivity contribution in [3.8, 4) is 0 Å². The Morgan fingerprint density at radius 3 is 2.90 bits per heavy atom. The van der Waals surface area contributed by atoms with E-state index in [9.17, 15) is 14.4 Å². The van der Waals surface area contributed by atoms with Crippen LogP contribution in [0, 0.1) is 0 Å². The van der Waals surface area contributed by atoms with Crippen LogP contribution in [0.3, 0.4) is 0 Å². The Kier molecular flexibility index (Phi) is 4.06. The predicted octanol–water partition coefficient (Wildman–Crippen LogP) is -0.308. The van der Waals surface area contributed by atoms with Crippen LogP contribution >= 0.6 is 0 Å². The van der Waals surface area contributed by atoms with Crippen molar-refractivity contribution in [1.82, 2.24) is 10.3 Å². The molecular weight excluding hydrogens is 276 g/mol. The molecule has 0 bridgehead atoms. The summed E-state index contributed by atoms with van der Waals surface area (Å²) >= 11 is 0. The molecule has 2 rings (SSSR count). The molecule has 1 aliphatic rings. The minimum atomic E-state index is -0.600. The molecule has 112 valence electrons. The summed E-state index contributed by atoms with van der Waals surface area (Å²) in [5.41, 5.74) is 6.01. The minimum absolute atomic E-state index is 0.0121. The molecule has 0 spiro atoms. The van der Waals surface area contributed by atoms with Crippen LogP contribution in [0.25, 0.3) is 0 Å². The van der Waals surface area contributed by atoms with E-state index < -0.39 is 17.9 Å². The van der Waals surface area contributed by atoms with Crippen molar-refractivity contribution in [3.63, 3.8) is 0 Å². The molecule has 0 aromatic carbocycles. The molecule has 2 heterocycles. The molecule has 3 N–H and O–H groups in total. The highest BCUT2D eigenvalue weighted by atomic mass is 16.5. The highest BCUT2D eigenvalue weighted by molar-refractivity contribution is 6.04. The fourth-order valence-corrected chi connectivity index (χ4v) is 2.21. The Labute approximate surface area is 121 Å². The minimum Gasteiger partial charge on any atom is -0.465 e. The molecular formula is C13H16N4O4. The van der Waals surface area contributed by atoms with Gasteiger partial charge in [0, 0.05) is 0 Å². The summed E-state index contributed by atoms with van der Waals surface area (Å²) in [6.07, 6.45) is 1.81. The van der Waals surface area contributed by atoms with E-state index in [0.717, 1.165) is 0 Å². The van der Waals surface area contributed by atoms with Crippen LogP contribution in [0.4, 0.5) is 11.5 Å². The number of nitrogens with one attached hydrogen (secondary N) is 1. The fourth-order valence-electron chi connectivity index (χ4n) is 2.21. The Bertz CT molecular complexity index is 602. The normalized spacial score (nSPS) is 18.4. The maximum absolute atomic E-state index is 11.8. The highest BCUT2D eigenvalue weighted by Crippen LogP contribution is 2.23. The third kappa shape index (κ3) is 2.78. The van der Waals surface area contributed by atoms with Gasteiger partial charge in [0.15, 0.2) is 0 Å². The number of rotatable bonds is 3. The molecule has 1 aromatic heterocycles. The molecule has 8 nitrogen and oxygen atoms in total. The molecule has 1 aromatic rings. The van der Waals surface area contributed by atoms with Gasteiger partial charge in [-0.3, -0.25) is 14.9 Å². The zero-order valence-corrected chi connectivity index (χ0v) is 11.8. The van der Waals surface area contributed by atoms with Crippen molar-refractivity contribution in [2.24, 2.45) is 0 Å². The number of pyridine rings is 1. The van der Waals surface area contributed by atoms with Crippen LogP contribution in [0.2, 0.25) is 0 Å². The van der Waals surface area contributed by atoms with Crippen molar-refractivity contribution < 1.29 is 19.1 Å². The molecule has 1 fully saturated rings. The van der Waals surface area contributed by atoms with E-state index in [-0.39, 0.29) is 23.7 Å². The first kappa shape index (κ1) is 14.8. The number of nitrogen functional groups attached to an aromatic ring is 1. The summed E-state index contributed by atoms with van der Waals surface area (Å²) in [7, 11) is 1.24. The van der Waals surface area contributed by atoms with Gasteiger partial charge in [0.1, 0.15) is 11.9 Å². The fraction of sp³-hybridized carbons (Fsp3) is 0.385. The van der Waals surface area contributed by atoms with Gasteiger partial charge in [-0.05, 0) is 12.5 Å². The van der Waals surface area contributed by atoms with Gasteiger partial charge in [-0.15, -0.1) is 0 Å². The number of anilines is 2. The predicted molar refractivity (Wildman–Crippen MR) is 74.6 cm³/mol. The van der Waals surface area contributed by atoms with E-state index in [1.165, 1.54) is 19.4 Å². The number of nitrogens with two attached hydrogens (primary N) is 1. The van der Waals surface area contributed by atoms with Crippen molar-refractivity contribution in [1.29, 1.82) is 0 Å². The van der Waals surface area contributed by atoms with Crippen molar-refractivity contribution in [3.05, 3.63) is 17.8 Å². The number of carbonyl (C=O) groups excluding carboxylic acids is 3. The molecule has 1 saturated heterocycles. The molecule has 1 atom stereocenters. The van der Waals surface area contributed by atoms with Gasteiger partial charge in [0.2, 0.25) is 11.8 Å². The quantitative estimate of drug-likeness (QED) is 0.580. The van der Waals surface area contributed by atoms with Gasteiger partial charge in [-0.25, -0.2) is 9.78 Å². The second kappa shape index (κ2) is 5.78. The number of methoxy groups -OCH3 is 1. The number of amides is 2. The van der Waals surface area contributed by atoms with Crippen LogP contribution in [0.15, 0.2) is 12.3 Å². The number of aromatic nitrogens is 1. The second-order valence-electron chi connectivity index (χ2n) is 4.59. The standard InChI is InChI=1S/C13H16N4O4/c1-3-9-12(19)16-11(18)6-17(9)10-4-7(13(20)21-2)8(14)5-15-10/h4-5,9H,3,6,14H2,1-2H3,(H,16,18,19). The maximum Gasteiger partial charge on any atom is 0.340 e. The third-order valence-corrected chi connectivity index (χ3v) is 3.26. The SMILES string of the molecule is CCC1C(=O)NC(=O)CN1c1cc(C(=O)OC)c(N)cn1. The van der Waals surface area contributed by atoms with E-state index >= 15 is 0 Å². The average Bonchev–Trinajstić information content (AvgIpc) is 2.46. The number of esters is 1. The number of ether oxygens (including phenoxy) is 1. The monoisotopic (exact) mass is 292 g/mol. The zero-order valence-electron chi connectivity index (χ0n) is 11.8. The van der Waals surface area contributed by atoms with E-state index in [1.54, 1.807) is 4.90 Å². The van der Waals surface area contributed by atoms with Gasteiger partial charge in [-0.1, -0.05) is 6.92 Å². The third-order valence-electron chi connectivity index (χ3n) is 3.26. The molecule has 21 heavy (non-hydrogen) atoms. The summed E-state index contributed by atoms with van der Waals surface area (Å²) in [6, 6.07) is 0.903. The summed E-state index contributed by atoms with van der Waals surface area (Å²) < 4.78 is 4.64. The first-order chi connectivity index (χ1) is 9.97. The molecule has 2 amide bonds. The zero-order chi connectivity index (χ0) is 15.6. The Morgan fingerprint density at radius 1 is 1.57 bits per heavy atom. The van der Waals surface area contributed by atoms with Gasteiger partial charge in [-0.2, -0.15) is 0 Å². The maximum atomic E-state index is 11.8. The number of imide groups is 1. The Hall–Kier alpha value is -2.64. The first-order valence-electron chi connectivity index (χ1n) is 6.42. The summed E-state index contributed by atoms with van der Waals surface area (Å²) in [5, 5.41) is 2.28. The lowest BCUT2D eigenvalue weighted by Crippen LogP contribution is -2.58. The molecule has 8 heteroatoms. The average molecular weight is 292 g/mol. The van der Waals surface area contributed by atoms with Crippen LogP contribution in [-0.4, -0.2) is 42.5 Å². The molecule has 0 saturated carbocycles. The van der Waals surface area contributed by atoms with E-state index in [1.807, 2.05) is 6.92 Å². The Morgan fingerprint density at radius 2 is 2.29 bits per heavy atom. The molecule has 0 aliphatic carbocycles. The first-order valence-corrected chi connectivity index (χ1v) is 6.42. The summed E-state index contributed by atoms with van der Waals surface area (Å²) in [6.45, 7) is 1.81. The van der Waals surface area contributed by atoms with Gasteiger partial charge in [0.25, 0.3) is 0 Å².